The summed E-state index contributed by atoms with van der Waals surface area (Å²) in [4.78, 5) is 11.5. The summed E-state index contributed by atoms with van der Waals surface area (Å²) in [5.41, 5.74) is 4.16. The number of fused-ring (bicyclic) bond motifs is 2. The van der Waals surface area contributed by atoms with Crippen molar-refractivity contribution in [3.8, 4) is 22.6 Å². The van der Waals surface area contributed by atoms with Gasteiger partial charge >= 0.3 is 5.97 Å². The van der Waals surface area contributed by atoms with Crippen LogP contribution in [0.4, 0.5) is 5.69 Å². The van der Waals surface area contributed by atoms with Gasteiger partial charge in [0.1, 0.15) is 11.5 Å². The average Bonchev–Trinajstić information content (AvgIpc) is 3.21. The third-order valence-electron chi connectivity index (χ3n) is 4.80. The Balaban J connectivity index is 1.81. The molecule has 0 spiro atoms. The third kappa shape index (κ3) is 2.80. The molecule has 2 heterocycles. The number of carboxylic acids is 1. The van der Waals surface area contributed by atoms with E-state index in [9.17, 15) is 9.90 Å². The Morgan fingerprint density at radius 2 is 2.04 bits per heavy atom. The molecule has 0 saturated carbocycles. The van der Waals surface area contributed by atoms with Gasteiger partial charge in [-0.25, -0.2) is 4.79 Å². The predicted molar refractivity (Wildman–Crippen MR) is 95.6 cm³/mol. The first-order valence-corrected chi connectivity index (χ1v) is 8.53. The number of aliphatic carboxylic acids is 1. The van der Waals surface area contributed by atoms with Gasteiger partial charge in [-0.1, -0.05) is 12.1 Å². The summed E-state index contributed by atoms with van der Waals surface area (Å²) in [5, 5.41) is 12.8. The Labute approximate surface area is 146 Å². The molecule has 0 atom stereocenters. The highest BCUT2D eigenvalue weighted by atomic mass is 16.5. The Morgan fingerprint density at radius 1 is 1.20 bits per heavy atom. The van der Waals surface area contributed by atoms with E-state index in [0.29, 0.717) is 12.4 Å². The first-order valence-electron chi connectivity index (χ1n) is 8.53. The standard InChI is InChI=1S/C20H21NO4/c1-20(2,19(22)23)25-18-11-17-14(6-8-24-17)9-15(18)13-4-3-12-5-7-21-16(12)10-13/h3-4,9-11,21H,5-8H2,1-2H3,(H,22,23). The van der Waals surface area contributed by atoms with E-state index in [4.69, 9.17) is 9.47 Å². The molecule has 2 aromatic rings. The second-order valence-corrected chi connectivity index (χ2v) is 7.02. The molecule has 5 nitrogen and oxygen atoms in total. The van der Waals surface area contributed by atoms with Gasteiger partial charge in [0.25, 0.3) is 0 Å². The predicted octanol–water partition coefficient (Wildman–Crippen LogP) is 3.50. The number of nitrogens with one attached hydrogen (secondary N) is 1. The first-order chi connectivity index (χ1) is 11.9. The van der Waals surface area contributed by atoms with Crippen LogP contribution in [-0.2, 0) is 17.6 Å². The smallest absolute Gasteiger partial charge is 0.347 e. The van der Waals surface area contributed by atoms with Gasteiger partial charge in [-0.05, 0) is 49.1 Å². The maximum Gasteiger partial charge on any atom is 0.347 e. The third-order valence-corrected chi connectivity index (χ3v) is 4.80. The van der Waals surface area contributed by atoms with Crippen molar-refractivity contribution in [2.75, 3.05) is 18.5 Å². The topological polar surface area (TPSA) is 67.8 Å². The summed E-state index contributed by atoms with van der Waals surface area (Å²) >= 11 is 0. The summed E-state index contributed by atoms with van der Waals surface area (Å²) in [5.74, 6) is 0.306. The van der Waals surface area contributed by atoms with Crippen molar-refractivity contribution in [1.29, 1.82) is 0 Å². The fourth-order valence-electron chi connectivity index (χ4n) is 3.29. The highest BCUT2D eigenvalue weighted by molar-refractivity contribution is 5.80. The molecule has 4 rings (SSSR count). The lowest BCUT2D eigenvalue weighted by Crippen LogP contribution is -2.38. The van der Waals surface area contributed by atoms with E-state index in [0.717, 1.165) is 47.5 Å². The Morgan fingerprint density at radius 3 is 2.84 bits per heavy atom. The number of anilines is 1. The molecule has 130 valence electrons. The van der Waals surface area contributed by atoms with E-state index in [2.05, 4.69) is 29.6 Å². The van der Waals surface area contributed by atoms with E-state index in [1.54, 1.807) is 13.8 Å². The molecular formula is C20H21NO4. The highest BCUT2D eigenvalue weighted by Crippen LogP contribution is 2.41. The molecular weight excluding hydrogens is 318 g/mol. The molecule has 25 heavy (non-hydrogen) atoms. The van der Waals surface area contributed by atoms with Crippen molar-refractivity contribution in [3.63, 3.8) is 0 Å². The van der Waals surface area contributed by atoms with Crippen LogP contribution < -0.4 is 14.8 Å². The molecule has 0 saturated heterocycles. The Hall–Kier alpha value is -2.69. The number of carbonyl (C=O) groups is 1. The van der Waals surface area contributed by atoms with Gasteiger partial charge in [0.15, 0.2) is 5.60 Å². The zero-order valence-electron chi connectivity index (χ0n) is 14.4. The molecule has 0 radical (unpaired) electrons. The molecule has 0 unspecified atom stereocenters. The number of carboxylic acid groups (broad SMARTS) is 1. The molecule has 2 aliphatic heterocycles. The van der Waals surface area contributed by atoms with E-state index in [1.807, 2.05) is 6.07 Å². The van der Waals surface area contributed by atoms with Crippen LogP contribution in [0.5, 0.6) is 11.5 Å². The second kappa shape index (κ2) is 5.69. The molecule has 0 aliphatic carbocycles. The minimum Gasteiger partial charge on any atom is -0.493 e. The zero-order chi connectivity index (χ0) is 17.6. The molecule has 2 aliphatic rings. The van der Waals surface area contributed by atoms with Crippen molar-refractivity contribution >= 4 is 11.7 Å². The average molecular weight is 339 g/mol. The van der Waals surface area contributed by atoms with Crippen LogP contribution in [0.2, 0.25) is 0 Å². The lowest BCUT2D eigenvalue weighted by Gasteiger charge is -2.24. The lowest BCUT2D eigenvalue weighted by atomic mass is 9.98. The normalized spacial score (nSPS) is 15.1. The van der Waals surface area contributed by atoms with Crippen LogP contribution in [0.1, 0.15) is 25.0 Å². The summed E-state index contributed by atoms with van der Waals surface area (Å²) in [7, 11) is 0. The van der Waals surface area contributed by atoms with Crippen molar-refractivity contribution in [2.45, 2.75) is 32.3 Å². The fraction of sp³-hybridized carbons (Fsp3) is 0.350. The summed E-state index contributed by atoms with van der Waals surface area (Å²) in [6.45, 7) is 4.70. The lowest BCUT2D eigenvalue weighted by molar-refractivity contribution is -0.152. The van der Waals surface area contributed by atoms with E-state index < -0.39 is 11.6 Å². The van der Waals surface area contributed by atoms with Gasteiger partial charge in [-0.3, -0.25) is 0 Å². The largest absolute Gasteiger partial charge is 0.493 e. The van der Waals surface area contributed by atoms with Gasteiger partial charge < -0.3 is 19.9 Å². The number of rotatable bonds is 4. The van der Waals surface area contributed by atoms with Crippen LogP contribution in [0.25, 0.3) is 11.1 Å². The SMILES string of the molecule is CC(C)(Oc1cc2c(cc1-c1ccc3c(c1)NCC3)CCO2)C(=O)O. The second-order valence-electron chi connectivity index (χ2n) is 7.02. The van der Waals surface area contributed by atoms with Crippen LogP contribution in [0.3, 0.4) is 0 Å². The number of benzene rings is 2. The molecule has 0 bridgehead atoms. The fourth-order valence-corrected chi connectivity index (χ4v) is 3.29. The summed E-state index contributed by atoms with van der Waals surface area (Å²) < 4.78 is 11.5. The molecule has 2 aromatic carbocycles. The van der Waals surface area contributed by atoms with Gasteiger partial charge in [-0.2, -0.15) is 0 Å². The number of hydrogen-bond donors (Lipinski definition) is 2. The maximum atomic E-state index is 11.5. The molecule has 5 heteroatoms. The van der Waals surface area contributed by atoms with Gasteiger partial charge in [0.2, 0.25) is 0 Å². The quantitative estimate of drug-likeness (QED) is 0.892. The van der Waals surface area contributed by atoms with Gasteiger partial charge in [0.05, 0.1) is 6.61 Å². The first kappa shape index (κ1) is 15.8. The van der Waals surface area contributed by atoms with E-state index >= 15 is 0 Å². The summed E-state index contributed by atoms with van der Waals surface area (Å²) in [6, 6.07) is 10.2. The Bertz CT molecular complexity index is 857. The summed E-state index contributed by atoms with van der Waals surface area (Å²) in [6.07, 6.45) is 1.89. The molecule has 0 fully saturated rings. The number of hydrogen-bond acceptors (Lipinski definition) is 4. The van der Waals surface area contributed by atoms with Crippen LogP contribution in [-0.4, -0.2) is 29.8 Å². The minimum absolute atomic E-state index is 0.533. The zero-order valence-corrected chi connectivity index (χ0v) is 14.4. The van der Waals surface area contributed by atoms with Crippen molar-refractivity contribution in [1.82, 2.24) is 0 Å². The van der Waals surface area contributed by atoms with E-state index in [1.165, 1.54) is 5.56 Å². The van der Waals surface area contributed by atoms with Crippen LogP contribution in [0.15, 0.2) is 30.3 Å². The minimum atomic E-state index is -1.32. The van der Waals surface area contributed by atoms with Crippen molar-refractivity contribution in [3.05, 3.63) is 41.5 Å². The van der Waals surface area contributed by atoms with Gasteiger partial charge in [0, 0.05) is 30.3 Å². The highest BCUT2D eigenvalue weighted by Gasteiger charge is 2.31. The van der Waals surface area contributed by atoms with Crippen LogP contribution in [0, 0.1) is 0 Å². The number of ether oxygens (including phenoxy) is 2. The monoisotopic (exact) mass is 339 g/mol. The Kier molecular flexibility index (Phi) is 3.60. The van der Waals surface area contributed by atoms with Crippen molar-refractivity contribution < 1.29 is 19.4 Å². The molecule has 2 N–H and O–H groups in total. The van der Waals surface area contributed by atoms with Crippen molar-refractivity contribution in [2.24, 2.45) is 0 Å². The van der Waals surface area contributed by atoms with Crippen LogP contribution >= 0.6 is 0 Å². The molecule has 0 aromatic heterocycles. The van der Waals surface area contributed by atoms with Gasteiger partial charge in [-0.15, -0.1) is 0 Å². The van der Waals surface area contributed by atoms with E-state index in [-0.39, 0.29) is 0 Å². The molecule has 0 amide bonds. The maximum absolute atomic E-state index is 11.5.